The molecule has 0 spiro atoms. The van der Waals surface area contributed by atoms with Crippen LogP contribution in [0.5, 0.6) is 0 Å². The van der Waals surface area contributed by atoms with Crippen LogP contribution in [0, 0.1) is 0 Å². The zero-order valence-electron chi connectivity index (χ0n) is 7.01. The van der Waals surface area contributed by atoms with E-state index in [4.69, 9.17) is 0 Å². The van der Waals surface area contributed by atoms with Gasteiger partial charge in [0.15, 0.2) is 5.78 Å². The van der Waals surface area contributed by atoms with E-state index >= 15 is 0 Å². The Kier molecular flexibility index (Phi) is 1.81. The van der Waals surface area contributed by atoms with Gasteiger partial charge in [-0.05, 0) is 0 Å². The van der Waals surface area contributed by atoms with Crippen LogP contribution in [0.3, 0.4) is 0 Å². The van der Waals surface area contributed by atoms with Crippen molar-refractivity contribution in [2.45, 2.75) is 6.92 Å². The number of carbonyl (C=O) groups excluding carboxylic acids is 2. The van der Waals surface area contributed by atoms with Gasteiger partial charge in [0, 0.05) is 12.3 Å². The van der Waals surface area contributed by atoms with Crippen molar-refractivity contribution >= 4 is 34.4 Å². The quantitative estimate of drug-likeness (QED) is 0.666. The Morgan fingerprint density at radius 3 is 3.08 bits per heavy atom. The fourth-order valence-electron chi connectivity index (χ4n) is 1.23. The second-order valence-electron chi connectivity index (χ2n) is 2.81. The first-order valence-electron chi connectivity index (χ1n) is 3.84. The molecule has 0 radical (unpaired) electrons. The third-order valence-electron chi connectivity index (χ3n) is 1.81. The molecule has 0 bridgehead atoms. The third-order valence-corrected chi connectivity index (χ3v) is 2.90. The van der Waals surface area contributed by atoms with Crippen molar-refractivity contribution in [2.75, 3.05) is 17.2 Å². The summed E-state index contributed by atoms with van der Waals surface area (Å²) >= 11 is 1.35. The first-order valence-corrected chi connectivity index (χ1v) is 4.72. The number of hydrogen-bond donors (Lipinski definition) is 2. The van der Waals surface area contributed by atoms with E-state index in [-0.39, 0.29) is 18.2 Å². The highest BCUT2D eigenvalue weighted by molar-refractivity contribution is 7.13. The fourth-order valence-corrected chi connectivity index (χ4v) is 2.11. The number of anilines is 2. The lowest BCUT2D eigenvalue weighted by molar-refractivity contribution is -0.114. The van der Waals surface area contributed by atoms with Crippen molar-refractivity contribution < 1.29 is 9.59 Å². The molecule has 1 aliphatic heterocycles. The van der Waals surface area contributed by atoms with Crippen molar-refractivity contribution in [2.24, 2.45) is 0 Å². The summed E-state index contributed by atoms with van der Waals surface area (Å²) in [7, 11) is 0. The van der Waals surface area contributed by atoms with Crippen LogP contribution in [0.1, 0.15) is 16.6 Å². The molecule has 2 rings (SSSR count). The van der Waals surface area contributed by atoms with Gasteiger partial charge in [-0.15, -0.1) is 11.3 Å². The van der Waals surface area contributed by atoms with Gasteiger partial charge in [-0.25, -0.2) is 0 Å². The number of Topliss-reactive ketones (excluding diaryl/α,β-unsaturated/α-hetero) is 1. The van der Waals surface area contributed by atoms with Gasteiger partial charge >= 0.3 is 0 Å². The molecule has 0 fully saturated rings. The maximum absolute atomic E-state index is 11.1. The highest BCUT2D eigenvalue weighted by Gasteiger charge is 2.21. The van der Waals surface area contributed by atoms with Gasteiger partial charge in [0.25, 0.3) is 0 Å². The molecule has 2 heterocycles. The van der Waals surface area contributed by atoms with E-state index in [9.17, 15) is 9.59 Å². The minimum Gasteiger partial charge on any atom is -0.374 e. The van der Waals surface area contributed by atoms with Crippen molar-refractivity contribution in [3.8, 4) is 0 Å². The maximum atomic E-state index is 11.1. The van der Waals surface area contributed by atoms with E-state index in [1.165, 1.54) is 18.3 Å². The number of ketones is 1. The topological polar surface area (TPSA) is 58.2 Å². The summed E-state index contributed by atoms with van der Waals surface area (Å²) < 4.78 is 0. The lowest BCUT2D eigenvalue weighted by Gasteiger charge is -2.15. The molecule has 1 aromatic heterocycles. The summed E-state index contributed by atoms with van der Waals surface area (Å²) in [5.74, 6) is -0.122. The zero-order chi connectivity index (χ0) is 9.42. The second kappa shape index (κ2) is 2.85. The molecule has 0 aliphatic carbocycles. The Morgan fingerprint density at radius 1 is 1.62 bits per heavy atom. The molecule has 1 aromatic rings. The molecule has 0 aromatic carbocycles. The van der Waals surface area contributed by atoms with E-state index in [0.717, 1.165) is 5.69 Å². The van der Waals surface area contributed by atoms with Crippen LogP contribution < -0.4 is 10.6 Å². The van der Waals surface area contributed by atoms with E-state index in [2.05, 4.69) is 10.6 Å². The number of amides is 1. The fraction of sp³-hybridized carbons (Fsp3) is 0.250. The van der Waals surface area contributed by atoms with Gasteiger partial charge in [-0.3, -0.25) is 9.59 Å². The van der Waals surface area contributed by atoms with Crippen LogP contribution in [0.2, 0.25) is 0 Å². The maximum Gasteiger partial charge on any atom is 0.243 e. The normalized spacial score (nSPS) is 14.4. The highest BCUT2D eigenvalue weighted by Crippen LogP contribution is 2.34. The van der Waals surface area contributed by atoms with Crippen LogP contribution in [0.15, 0.2) is 5.38 Å². The molecule has 1 aliphatic rings. The van der Waals surface area contributed by atoms with Crippen molar-refractivity contribution in [3.05, 3.63) is 10.3 Å². The van der Waals surface area contributed by atoms with Gasteiger partial charge in [-0.2, -0.15) is 0 Å². The number of thiophene rings is 1. The van der Waals surface area contributed by atoms with Gasteiger partial charge in [0.05, 0.1) is 22.8 Å². The van der Waals surface area contributed by atoms with Gasteiger partial charge in [-0.1, -0.05) is 0 Å². The van der Waals surface area contributed by atoms with Crippen LogP contribution in [0.25, 0.3) is 0 Å². The van der Waals surface area contributed by atoms with E-state index in [1.807, 2.05) is 5.38 Å². The SMILES string of the molecule is CC(=O)c1scc2c1NC(=O)CN2. The molecule has 0 atom stereocenters. The number of nitrogens with one attached hydrogen (secondary N) is 2. The average molecular weight is 196 g/mol. The van der Waals surface area contributed by atoms with Crippen molar-refractivity contribution in [1.82, 2.24) is 0 Å². The summed E-state index contributed by atoms with van der Waals surface area (Å²) in [6, 6.07) is 0. The van der Waals surface area contributed by atoms with Crippen LogP contribution in [-0.4, -0.2) is 18.2 Å². The molecule has 4 nitrogen and oxygen atoms in total. The first kappa shape index (κ1) is 8.25. The first-order chi connectivity index (χ1) is 6.18. The Labute approximate surface area is 78.9 Å². The lowest BCUT2D eigenvalue weighted by atomic mass is 10.2. The minimum atomic E-state index is -0.103. The van der Waals surface area contributed by atoms with Crippen LogP contribution >= 0.6 is 11.3 Å². The number of hydrogen-bond acceptors (Lipinski definition) is 4. The molecule has 0 saturated heterocycles. The Hall–Kier alpha value is -1.36. The van der Waals surface area contributed by atoms with E-state index in [1.54, 1.807) is 0 Å². The number of rotatable bonds is 1. The number of carbonyl (C=O) groups is 2. The van der Waals surface area contributed by atoms with Crippen molar-refractivity contribution in [3.63, 3.8) is 0 Å². The Balaban J connectivity index is 2.46. The minimum absolute atomic E-state index is 0.0183. The van der Waals surface area contributed by atoms with Crippen LogP contribution in [-0.2, 0) is 4.79 Å². The summed E-state index contributed by atoms with van der Waals surface area (Å²) in [6.45, 7) is 1.77. The Morgan fingerprint density at radius 2 is 2.38 bits per heavy atom. The monoisotopic (exact) mass is 196 g/mol. The molecular weight excluding hydrogens is 188 g/mol. The molecule has 5 heteroatoms. The van der Waals surface area contributed by atoms with Crippen molar-refractivity contribution in [1.29, 1.82) is 0 Å². The highest BCUT2D eigenvalue weighted by atomic mass is 32.1. The standard InChI is InChI=1S/C8H8N2O2S/c1-4(11)8-7-5(3-13-8)9-2-6(12)10-7/h3,9H,2H2,1H3,(H,10,12). The molecule has 1 amide bonds. The second-order valence-corrected chi connectivity index (χ2v) is 3.69. The smallest absolute Gasteiger partial charge is 0.243 e. The largest absolute Gasteiger partial charge is 0.374 e. The molecule has 0 unspecified atom stereocenters. The van der Waals surface area contributed by atoms with Gasteiger partial charge < -0.3 is 10.6 Å². The third kappa shape index (κ3) is 1.31. The van der Waals surface area contributed by atoms with Gasteiger partial charge in [0.2, 0.25) is 5.91 Å². The predicted molar refractivity (Wildman–Crippen MR) is 51.4 cm³/mol. The zero-order valence-corrected chi connectivity index (χ0v) is 7.83. The van der Waals surface area contributed by atoms with Gasteiger partial charge in [0.1, 0.15) is 0 Å². The molecule has 0 saturated carbocycles. The molecule has 2 N–H and O–H groups in total. The van der Waals surface area contributed by atoms with E-state index < -0.39 is 0 Å². The van der Waals surface area contributed by atoms with E-state index in [0.29, 0.717) is 10.6 Å². The summed E-state index contributed by atoms with van der Waals surface area (Å²) in [5, 5.41) is 7.45. The summed E-state index contributed by atoms with van der Waals surface area (Å²) in [5.41, 5.74) is 1.48. The summed E-state index contributed by atoms with van der Waals surface area (Å²) in [4.78, 5) is 22.7. The average Bonchev–Trinajstić information content (AvgIpc) is 2.46. The molecular formula is C8H8N2O2S. The predicted octanol–water partition coefficient (Wildman–Crippen LogP) is 1.31. The molecule has 68 valence electrons. The summed E-state index contributed by atoms with van der Waals surface area (Å²) in [6.07, 6.45) is 0. The lowest BCUT2D eigenvalue weighted by Crippen LogP contribution is -2.27. The molecule has 13 heavy (non-hydrogen) atoms. The van der Waals surface area contributed by atoms with Crippen LogP contribution in [0.4, 0.5) is 11.4 Å². The number of fused-ring (bicyclic) bond motifs is 1. The Bertz CT molecular complexity index is 383.